The van der Waals surface area contributed by atoms with Crippen molar-refractivity contribution in [2.24, 2.45) is 0 Å². The third-order valence-corrected chi connectivity index (χ3v) is 5.57. The lowest BCUT2D eigenvalue weighted by Crippen LogP contribution is -2.27. The number of nitrogens with zero attached hydrogens (tertiary/aromatic N) is 3. The summed E-state index contributed by atoms with van der Waals surface area (Å²) in [4.78, 5) is 21.1. The SMILES string of the molecule is CC(C)c1[nH]nc(C(=O)NC(C)c2nc(-c3ccncc3)cs2)c1Br. The minimum atomic E-state index is -0.233. The molecule has 1 unspecified atom stereocenters. The van der Waals surface area contributed by atoms with E-state index in [1.807, 2.05) is 38.3 Å². The first-order valence-electron chi connectivity index (χ1n) is 7.87. The van der Waals surface area contributed by atoms with E-state index in [0.29, 0.717) is 10.2 Å². The van der Waals surface area contributed by atoms with E-state index in [2.05, 4.69) is 41.4 Å². The highest BCUT2D eigenvalue weighted by atomic mass is 79.9. The van der Waals surface area contributed by atoms with E-state index < -0.39 is 0 Å². The number of halogens is 1. The zero-order valence-electron chi connectivity index (χ0n) is 14.1. The monoisotopic (exact) mass is 419 g/mol. The molecule has 0 aliphatic carbocycles. The zero-order valence-corrected chi connectivity index (χ0v) is 16.5. The highest BCUT2D eigenvalue weighted by Gasteiger charge is 2.22. The summed E-state index contributed by atoms with van der Waals surface area (Å²) < 4.78 is 0.712. The van der Waals surface area contributed by atoms with Gasteiger partial charge in [0.05, 0.1) is 21.9 Å². The van der Waals surface area contributed by atoms with Crippen molar-refractivity contribution >= 4 is 33.2 Å². The van der Waals surface area contributed by atoms with E-state index in [1.54, 1.807) is 12.4 Å². The smallest absolute Gasteiger partial charge is 0.273 e. The Bertz CT molecular complexity index is 874. The molecule has 1 atom stereocenters. The number of hydrogen-bond acceptors (Lipinski definition) is 5. The van der Waals surface area contributed by atoms with Crippen molar-refractivity contribution in [1.82, 2.24) is 25.5 Å². The fourth-order valence-corrected chi connectivity index (χ4v) is 3.99. The molecular weight excluding hydrogens is 402 g/mol. The summed E-state index contributed by atoms with van der Waals surface area (Å²) in [5.41, 5.74) is 3.16. The third kappa shape index (κ3) is 3.80. The minimum Gasteiger partial charge on any atom is -0.342 e. The lowest BCUT2D eigenvalue weighted by atomic mass is 10.1. The van der Waals surface area contributed by atoms with Crippen LogP contribution in [0.5, 0.6) is 0 Å². The molecule has 3 aromatic heterocycles. The zero-order chi connectivity index (χ0) is 18.0. The van der Waals surface area contributed by atoms with Gasteiger partial charge in [0.1, 0.15) is 5.01 Å². The molecule has 8 heteroatoms. The van der Waals surface area contributed by atoms with Gasteiger partial charge in [-0.1, -0.05) is 13.8 Å². The van der Waals surface area contributed by atoms with Crippen LogP contribution in [0.3, 0.4) is 0 Å². The number of thiazole rings is 1. The molecule has 0 aliphatic heterocycles. The predicted molar refractivity (Wildman–Crippen MR) is 102 cm³/mol. The van der Waals surface area contributed by atoms with Gasteiger partial charge in [-0.3, -0.25) is 14.9 Å². The molecular formula is C17H18BrN5OS. The summed E-state index contributed by atoms with van der Waals surface area (Å²) in [5, 5.41) is 12.8. The summed E-state index contributed by atoms with van der Waals surface area (Å²) >= 11 is 4.98. The first kappa shape index (κ1) is 17.8. The van der Waals surface area contributed by atoms with Crippen LogP contribution in [-0.2, 0) is 0 Å². The van der Waals surface area contributed by atoms with Gasteiger partial charge in [0.15, 0.2) is 5.69 Å². The van der Waals surface area contributed by atoms with E-state index in [4.69, 9.17) is 0 Å². The summed E-state index contributed by atoms with van der Waals surface area (Å²) in [6, 6.07) is 3.62. The number of amides is 1. The van der Waals surface area contributed by atoms with Crippen molar-refractivity contribution in [2.45, 2.75) is 32.7 Å². The van der Waals surface area contributed by atoms with Crippen LogP contribution in [0.4, 0.5) is 0 Å². The lowest BCUT2D eigenvalue weighted by molar-refractivity contribution is 0.0934. The highest BCUT2D eigenvalue weighted by Crippen LogP contribution is 2.27. The Hall–Kier alpha value is -2.06. The third-order valence-electron chi connectivity index (χ3n) is 3.74. The van der Waals surface area contributed by atoms with Gasteiger partial charge in [-0.25, -0.2) is 4.98 Å². The molecule has 2 N–H and O–H groups in total. The largest absolute Gasteiger partial charge is 0.342 e. The molecule has 3 heterocycles. The average Bonchev–Trinajstić information content (AvgIpc) is 3.22. The summed E-state index contributed by atoms with van der Waals surface area (Å²) in [6.45, 7) is 5.99. The average molecular weight is 420 g/mol. The number of pyridine rings is 1. The van der Waals surface area contributed by atoms with Crippen LogP contribution in [0.1, 0.15) is 53.9 Å². The Morgan fingerprint density at radius 1 is 1.28 bits per heavy atom. The molecule has 0 aliphatic rings. The van der Waals surface area contributed by atoms with Gasteiger partial charge in [-0.15, -0.1) is 11.3 Å². The molecule has 0 saturated carbocycles. The van der Waals surface area contributed by atoms with E-state index in [1.165, 1.54) is 11.3 Å². The predicted octanol–water partition coefficient (Wildman–Crippen LogP) is 4.31. The standard InChI is InChI=1S/C17H18BrN5OS/c1-9(2)14-13(18)15(23-22-14)16(24)20-10(3)17-21-12(8-25-17)11-4-6-19-7-5-11/h4-10H,1-3H3,(H,20,24)(H,22,23). The summed E-state index contributed by atoms with van der Waals surface area (Å²) in [6.07, 6.45) is 3.47. The first-order valence-corrected chi connectivity index (χ1v) is 9.55. The number of hydrogen-bond donors (Lipinski definition) is 2. The Labute approximate surface area is 158 Å². The van der Waals surface area contributed by atoms with Crippen LogP contribution < -0.4 is 5.32 Å². The molecule has 3 rings (SSSR count). The maximum Gasteiger partial charge on any atom is 0.273 e. The van der Waals surface area contributed by atoms with Crippen molar-refractivity contribution in [3.63, 3.8) is 0 Å². The van der Waals surface area contributed by atoms with Gasteiger partial charge in [0, 0.05) is 23.3 Å². The maximum absolute atomic E-state index is 12.5. The van der Waals surface area contributed by atoms with Gasteiger partial charge in [0.25, 0.3) is 5.91 Å². The molecule has 0 saturated heterocycles. The van der Waals surface area contributed by atoms with Gasteiger partial charge in [0.2, 0.25) is 0 Å². The second-order valence-corrected chi connectivity index (χ2v) is 7.64. The summed E-state index contributed by atoms with van der Waals surface area (Å²) in [5.74, 6) is 0.0194. The fourth-order valence-electron chi connectivity index (χ4n) is 2.34. The van der Waals surface area contributed by atoms with Crippen LogP contribution in [0.2, 0.25) is 0 Å². The topological polar surface area (TPSA) is 83.6 Å². The number of H-pyrrole nitrogens is 1. The number of aromatic nitrogens is 4. The van der Waals surface area contributed by atoms with Gasteiger partial charge in [-0.05, 0) is 40.9 Å². The number of rotatable bonds is 5. The second-order valence-electron chi connectivity index (χ2n) is 5.96. The second kappa shape index (κ2) is 7.45. The van der Waals surface area contributed by atoms with Crippen LogP contribution in [0.25, 0.3) is 11.3 Å². The molecule has 0 fully saturated rings. The van der Waals surface area contributed by atoms with Crippen molar-refractivity contribution in [3.8, 4) is 11.3 Å². The molecule has 0 aromatic carbocycles. The number of carbonyl (C=O) groups excluding carboxylic acids is 1. The number of carbonyl (C=O) groups is 1. The van der Waals surface area contributed by atoms with Crippen LogP contribution >= 0.6 is 27.3 Å². The Kier molecular flexibility index (Phi) is 5.29. The van der Waals surface area contributed by atoms with Crippen molar-refractivity contribution in [1.29, 1.82) is 0 Å². The number of aromatic amines is 1. The minimum absolute atomic E-state index is 0.209. The maximum atomic E-state index is 12.5. The van der Waals surface area contributed by atoms with E-state index >= 15 is 0 Å². The van der Waals surface area contributed by atoms with Crippen molar-refractivity contribution in [2.75, 3.05) is 0 Å². The van der Waals surface area contributed by atoms with Gasteiger partial charge >= 0.3 is 0 Å². The molecule has 25 heavy (non-hydrogen) atoms. The van der Waals surface area contributed by atoms with Gasteiger partial charge < -0.3 is 5.32 Å². The molecule has 0 bridgehead atoms. The number of nitrogens with one attached hydrogen (secondary N) is 2. The molecule has 1 amide bonds. The molecule has 3 aromatic rings. The van der Waals surface area contributed by atoms with E-state index in [0.717, 1.165) is 22.0 Å². The molecule has 6 nitrogen and oxygen atoms in total. The normalized spacial score (nSPS) is 12.4. The summed E-state index contributed by atoms with van der Waals surface area (Å²) in [7, 11) is 0. The van der Waals surface area contributed by atoms with Crippen LogP contribution in [0, 0.1) is 0 Å². The lowest BCUT2D eigenvalue weighted by Gasteiger charge is -2.10. The van der Waals surface area contributed by atoms with Crippen molar-refractivity contribution in [3.05, 3.63) is 50.8 Å². The highest BCUT2D eigenvalue weighted by molar-refractivity contribution is 9.10. The van der Waals surface area contributed by atoms with E-state index in [-0.39, 0.29) is 17.9 Å². The van der Waals surface area contributed by atoms with Crippen LogP contribution in [0.15, 0.2) is 34.4 Å². The molecule has 0 radical (unpaired) electrons. The Morgan fingerprint density at radius 3 is 2.64 bits per heavy atom. The Balaban J connectivity index is 1.73. The van der Waals surface area contributed by atoms with Gasteiger partial charge in [-0.2, -0.15) is 5.10 Å². The molecule has 130 valence electrons. The fraction of sp³-hybridized carbons (Fsp3) is 0.294. The van der Waals surface area contributed by atoms with Crippen LogP contribution in [-0.4, -0.2) is 26.1 Å². The quantitative estimate of drug-likeness (QED) is 0.645. The van der Waals surface area contributed by atoms with E-state index in [9.17, 15) is 4.79 Å². The molecule has 0 spiro atoms. The Morgan fingerprint density at radius 2 is 2.00 bits per heavy atom. The van der Waals surface area contributed by atoms with Crippen molar-refractivity contribution < 1.29 is 4.79 Å². The first-order chi connectivity index (χ1) is 12.0.